The van der Waals surface area contributed by atoms with Crippen LogP contribution in [0.1, 0.15) is 44.7 Å². The lowest BCUT2D eigenvalue weighted by Crippen LogP contribution is -2.37. The van der Waals surface area contributed by atoms with Crippen LogP contribution in [0.4, 0.5) is 11.4 Å². The van der Waals surface area contributed by atoms with Gasteiger partial charge in [0.15, 0.2) is 0 Å². The lowest BCUT2D eigenvalue weighted by molar-refractivity contribution is 0.0507. The van der Waals surface area contributed by atoms with Crippen molar-refractivity contribution in [3.8, 4) is 0 Å². The van der Waals surface area contributed by atoms with Crippen molar-refractivity contribution in [2.75, 3.05) is 37.5 Å². The van der Waals surface area contributed by atoms with Crippen molar-refractivity contribution in [3.05, 3.63) is 94.0 Å². The van der Waals surface area contributed by atoms with Gasteiger partial charge < -0.3 is 19.9 Å². The molecule has 36 heavy (non-hydrogen) atoms. The summed E-state index contributed by atoms with van der Waals surface area (Å²) in [6.07, 6.45) is 1.96. The van der Waals surface area contributed by atoms with Gasteiger partial charge in [0.1, 0.15) is 0 Å². The number of benzene rings is 3. The fourth-order valence-electron chi connectivity index (χ4n) is 4.49. The van der Waals surface area contributed by atoms with Gasteiger partial charge in [0, 0.05) is 50.7 Å². The summed E-state index contributed by atoms with van der Waals surface area (Å²) in [5.41, 5.74) is 4.64. The normalized spacial score (nSPS) is 14.9. The van der Waals surface area contributed by atoms with Crippen molar-refractivity contribution in [2.24, 2.45) is 0 Å². The summed E-state index contributed by atoms with van der Waals surface area (Å²) in [7, 11) is 3.93. The summed E-state index contributed by atoms with van der Waals surface area (Å²) in [6.45, 7) is 3.60. The zero-order chi connectivity index (χ0) is 25.7. The molecule has 0 radical (unpaired) electrons. The van der Waals surface area contributed by atoms with E-state index in [1.807, 2.05) is 73.3 Å². The molecule has 1 aliphatic rings. The molecular weight excluding hydrogens is 474 g/mol. The Kier molecular flexibility index (Phi) is 8.28. The summed E-state index contributed by atoms with van der Waals surface area (Å²) >= 11 is 6.21. The molecule has 0 aromatic heterocycles. The highest BCUT2D eigenvalue weighted by Crippen LogP contribution is 2.27. The molecule has 0 saturated carbocycles. The second-order valence-electron chi connectivity index (χ2n) is 9.36. The van der Waals surface area contributed by atoms with Crippen LogP contribution in [0.25, 0.3) is 0 Å². The number of halogens is 1. The van der Waals surface area contributed by atoms with Gasteiger partial charge in [-0.1, -0.05) is 41.4 Å². The second-order valence-corrected chi connectivity index (χ2v) is 9.77. The van der Waals surface area contributed by atoms with Crippen LogP contribution in [-0.4, -0.2) is 50.1 Å². The van der Waals surface area contributed by atoms with E-state index in [-0.39, 0.29) is 17.9 Å². The fraction of sp³-hybridized carbons (Fsp3) is 0.310. The SMILES string of the molecule is Cc1cccc(C(=O)N(Cc2cc(NC(=O)c3ccccc3Cl)ccc2N(C)C)C[C@H]2CCCO2)c1. The van der Waals surface area contributed by atoms with Crippen molar-refractivity contribution >= 4 is 34.8 Å². The molecule has 1 N–H and O–H groups in total. The highest BCUT2D eigenvalue weighted by Gasteiger charge is 2.25. The minimum Gasteiger partial charge on any atom is -0.377 e. The van der Waals surface area contributed by atoms with E-state index < -0.39 is 0 Å². The standard InChI is InChI=1S/C29H32ClN3O3/c1-20-8-6-9-21(16-20)29(35)33(19-24-10-7-15-36-24)18-22-17-23(13-14-27(22)32(2)3)31-28(34)25-11-4-5-12-26(25)30/h4-6,8-9,11-14,16-17,24H,7,10,15,18-19H2,1-3H3,(H,31,34)/t24-/m1/s1. The maximum absolute atomic E-state index is 13.6. The largest absolute Gasteiger partial charge is 0.377 e. The maximum atomic E-state index is 13.6. The Hall–Kier alpha value is -3.35. The number of nitrogens with one attached hydrogen (secondary N) is 1. The van der Waals surface area contributed by atoms with Gasteiger partial charge in [0.05, 0.1) is 16.7 Å². The number of ether oxygens (including phenoxy) is 1. The number of anilines is 2. The predicted molar refractivity (Wildman–Crippen MR) is 145 cm³/mol. The number of hydrogen-bond acceptors (Lipinski definition) is 4. The lowest BCUT2D eigenvalue weighted by atomic mass is 10.1. The Morgan fingerprint density at radius 2 is 1.86 bits per heavy atom. The van der Waals surface area contributed by atoms with Crippen molar-refractivity contribution in [1.29, 1.82) is 0 Å². The van der Waals surface area contributed by atoms with Crippen LogP contribution in [0.15, 0.2) is 66.7 Å². The first kappa shape index (κ1) is 25.7. The number of carbonyl (C=O) groups is 2. The summed E-state index contributed by atoms with van der Waals surface area (Å²) < 4.78 is 5.87. The molecule has 188 valence electrons. The van der Waals surface area contributed by atoms with Gasteiger partial charge in [0.25, 0.3) is 11.8 Å². The van der Waals surface area contributed by atoms with Crippen molar-refractivity contribution in [1.82, 2.24) is 4.90 Å². The maximum Gasteiger partial charge on any atom is 0.257 e. The van der Waals surface area contributed by atoms with E-state index in [0.29, 0.717) is 34.9 Å². The third-order valence-corrected chi connectivity index (χ3v) is 6.63. The number of nitrogens with zero attached hydrogens (tertiary/aromatic N) is 2. The fourth-order valence-corrected chi connectivity index (χ4v) is 4.71. The Labute approximate surface area is 217 Å². The summed E-state index contributed by atoms with van der Waals surface area (Å²) in [5.74, 6) is -0.319. The smallest absolute Gasteiger partial charge is 0.257 e. The van der Waals surface area contributed by atoms with Crippen LogP contribution in [0.2, 0.25) is 5.02 Å². The Bertz CT molecular complexity index is 1240. The van der Waals surface area contributed by atoms with Gasteiger partial charge in [-0.3, -0.25) is 9.59 Å². The van der Waals surface area contributed by atoms with E-state index in [1.165, 1.54) is 0 Å². The Morgan fingerprint density at radius 1 is 1.06 bits per heavy atom. The molecule has 1 aliphatic heterocycles. The van der Waals surface area contributed by atoms with Crippen LogP contribution in [0.3, 0.4) is 0 Å². The van der Waals surface area contributed by atoms with Crippen LogP contribution in [0.5, 0.6) is 0 Å². The molecule has 3 aromatic carbocycles. The average Bonchev–Trinajstić information content (AvgIpc) is 3.36. The Balaban J connectivity index is 1.63. The van der Waals surface area contributed by atoms with E-state index >= 15 is 0 Å². The Morgan fingerprint density at radius 3 is 2.56 bits per heavy atom. The van der Waals surface area contributed by atoms with Crippen LogP contribution >= 0.6 is 11.6 Å². The number of amides is 2. The first-order valence-corrected chi connectivity index (χ1v) is 12.5. The van der Waals surface area contributed by atoms with Crippen molar-refractivity contribution in [2.45, 2.75) is 32.4 Å². The van der Waals surface area contributed by atoms with E-state index in [1.54, 1.807) is 24.3 Å². The number of hydrogen-bond donors (Lipinski definition) is 1. The van der Waals surface area contributed by atoms with E-state index in [4.69, 9.17) is 16.3 Å². The number of aryl methyl sites for hydroxylation is 1. The first-order chi connectivity index (χ1) is 17.3. The van der Waals surface area contributed by atoms with E-state index in [2.05, 4.69) is 5.32 Å². The molecule has 0 bridgehead atoms. The third kappa shape index (κ3) is 6.25. The molecule has 0 spiro atoms. The van der Waals surface area contributed by atoms with Crippen molar-refractivity contribution in [3.63, 3.8) is 0 Å². The van der Waals surface area contributed by atoms with Crippen LogP contribution in [0, 0.1) is 6.92 Å². The predicted octanol–water partition coefficient (Wildman–Crippen LogP) is 5.79. The highest BCUT2D eigenvalue weighted by molar-refractivity contribution is 6.34. The van der Waals surface area contributed by atoms with Gasteiger partial charge in [-0.15, -0.1) is 0 Å². The topological polar surface area (TPSA) is 61.9 Å². The molecule has 6 nitrogen and oxygen atoms in total. The lowest BCUT2D eigenvalue weighted by Gasteiger charge is -2.28. The summed E-state index contributed by atoms with van der Waals surface area (Å²) in [5, 5.41) is 3.35. The molecule has 4 rings (SSSR count). The van der Waals surface area contributed by atoms with E-state index in [0.717, 1.165) is 36.3 Å². The molecule has 0 unspecified atom stereocenters. The average molecular weight is 506 g/mol. The number of rotatable bonds is 8. The molecule has 0 aliphatic carbocycles. The van der Waals surface area contributed by atoms with Gasteiger partial charge in [0.2, 0.25) is 0 Å². The van der Waals surface area contributed by atoms with Gasteiger partial charge in [-0.2, -0.15) is 0 Å². The summed E-state index contributed by atoms with van der Waals surface area (Å²) in [6, 6.07) is 20.4. The molecule has 1 fully saturated rings. The molecule has 3 aromatic rings. The van der Waals surface area contributed by atoms with Crippen molar-refractivity contribution < 1.29 is 14.3 Å². The number of carbonyl (C=O) groups excluding carboxylic acids is 2. The van der Waals surface area contributed by atoms with Gasteiger partial charge >= 0.3 is 0 Å². The summed E-state index contributed by atoms with van der Waals surface area (Å²) in [4.78, 5) is 30.3. The van der Waals surface area contributed by atoms with Crippen LogP contribution < -0.4 is 10.2 Å². The van der Waals surface area contributed by atoms with Crippen LogP contribution in [-0.2, 0) is 11.3 Å². The zero-order valence-electron chi connectivity index (χ0n) is 21.0. The van der Waals surface area contributed by atoms with Gasteiger partial charge in [-0.05, 0) is 67.8 Å². The third-order valence-electron chi connectivity index (χ3n) is 6.30. The quantitative estimate of drug-likeness (QED) is 0.421. The molecule has 1 saturated heterocycles. The molecule has 1 heterocycles. The molecule has 2 amide bonds. The van der Waals surface area contributed by atoms with E-state index in [9.17, 15) is 9.59 Å². The molecular formula is C29H32ClN3O3. The highest BCUT2D eigenvalue weighted by atomic mass is 35.5. The van der Waals surface area contributed by atoms with Gasteiger partial charge in [-0.25, -0.2) is 0 Å². The second kappa shape index (κ2) is 11.6. The molecule has 7 heteroatoms. The molecule has 1 atom stereocenters. The zero-order valence-corrected chi connectivity index (χ0v) is 21.7. The first-order valence-electron chi connectivity index (χ1n) is 12.2. The minimum atomic E-state index is -0.281. The monoisotopic (exact) mass is 505 g/mol. The minimum absolute atomic E-state index is 0.0182.